The second-order valence-corrected chi connectivity index (χ2v) is 5.96. The van der Waals surface area contributed by atoms with Crippen molar-refractivity contribution >= 4 is 56.5 Å². The van der Waals surface area contributed by atoms with Gasteiger partial charge in [0.05, 0.1) is 23.4 Å². The average molecular weight is 400 g/mol. The molecular formula is C15H12BrClN2O2S. The topological polar surface area (TPSA) is 50.4 Å². The van der Waals surface area contributed by atoms with E-state index >= 15 is 0 Å². The number of para-hydroxylation sites is 1. The van der Waals surface area contributed by atoms with Gasteiger partial charge in [-0.1, -0.05) is 39.7 Å². The van der Waals surface area contributed by atoms with Crippen LogP contribution in [0.5, 0.6) is 5.75 Å². The van der Waals surface area contributed by atoms with E-state index in [9.17, 15) is 4.79 Å². The quantitative estimate of drug-likeness (QED) is 0.758. The van der Waals surface area contributed by atoms with Gasteiger partial charge in [0, 0.05) is 4.47 Å². The molecule has 0 unspecified atom stereocenters. The van der Waals surface area contributed by atoms with Crippen molar-refractivity contribution in [2.45, 2.75) is 0 Å². The number of methoxy groups -OCH3 is 1. The van der Waals surface area contributed by atoms with Gasteiger partial charge >= 0.3 is 0 Å². The Bertz CT molecular complexity index is 724. The van der Waals surface area contributed by atoms with Crippen molar-refractivity contribution in [1.29, 1.82) is 0 Å². The first-order valence-electron chi connectivity index (χ1n) is 6.21. The van der Waals surface area contributed by atoms with Crippen LogP contribution in [0.1, 0.15) is 10.4 Å². The first kappa shape index (κ1) is 16.7. The Morgan fingerprint density at radius 3 is 2.68 bits per heavy atom. The Balaban J connectivity index is 2.10. The number of halogens is 2. The molecule has 0 atom stereocenters. The fourth-order valence-corrected chi connectivity index (χ4v) is 2.49. The number of hydrogen-bond donors (Lipinski definition) is 2. The van der Waals surface area contributed by atoms with E-state index in [2.05, 4.69) is 26.6 Å². The number of anilines is 1. The summed E-state index contributed by atoms with van der Waals surface area (Å²) in [5, 5.41) is 6.14. The highest BCUT2D eigenvalue weighted by atomic mass is 79.9. The first-order valence-corrected chi connectivity index (χ1v) is 7.79. The third-order valence-electron chi connectivity index (χ3n) is 2.76. The number of rotatable bonds is 3. The molecule has 0 radical (unpaired) electrons. The molecule has 22 heavy (non-hydrogen) atoms. The van der Waals surface area contributed by atoms with Gasteiger partial charge in [-0.25, -0.2) is 0 Å². The molecule has 2 rings (SSSR count). The maximum atomic E-state index is 12.3. The van der Waals surface area contributed by atoms with Crippen LogP contribution in [0, 0.1) is 0 Å². The number of carbonyl (C=O) groups is 1. The van der Waals surface area contributed by atoms with Gasteiger partial charge in [0.2, 0.25) is 0 Å². The van der Waals surface area contributed by atoms with Gasteiger partial charge < -0.3 is 10.1 Å². The maximum Gasteiger partial charge on any atom is 0.261 e. The summed E-state index contributed by atoms with van der Waals surface area (Å²) in [5.74, 6) is 0.0870. The SMILES string of the molecule is COc1ccc(Br)cc1C(=O)NC(=S)Nc1ccccc1Cl. The Hall–Kier alpha value is -1.63. The molecule has 0 spiro atoms. The number of benzene rings is 2. The van der Waals surface area contributed by atoms with Crippen molar-refractivity contribution in [1.82, 2.24) is 5.32 Å². The minimum Gasteiger partial charge on any atom is -0.496 e. The van der Waals surface area contributed by atoms with E-state index < -0.39 is 0 Å². The largest absolute Gasteiger partial charge is 0.496 e. The van der Waals surface area contributed by atoms with Gasteiger partial charge in [-0.2, -0.15) is 0 Å². The first-order chi connectivity index (χ1) is 10.5. The van der Waals surface area contributed by atoms with E-state index in [0.717, 1.165) is 4.47 Å². The minimum atomic E-state index is -0.372. The molecule has 0 aliphatic heterocycles. The molecule has 2 aromatic rings. The Morgan fingerprint density at radius 2 is 2.00 bits per heavy atom. The van der Waals surface area contributed by atoms with Crippen LogP contribution < -0.4 is 15.4 Å². The number of hydrogen-bond acceptors (Lipinski definition) is 3. The molecule has 0 saturated carbocycles. The summed E-state index contributed by atoms with van der Waals surface area (Å²) >= 11 is 14.5. The Kier molecular flexibility index (Phi) is 5.76. The summed E-state index contributed by atoms with van der Waals surface area (Å²) in [6.45, 7) is 0. The predicted octanol–water partition coefficient (Wildman–Crippen LogP) is 4.24. The van der Waals surface area contributed by atoms with Crippen LogP contribution in [-0.4, -0.2) is 18.1 Å². The standard InChI is InChI=1S/C15H12BrClN2O2S/c1-21-13-7-6-9(16)8-10(13)14(20)19-15(22)18-12-5-3-2-4-11(12)17/h2-8H,1H3,(H2,18,19,20,22). The molecule has 0 bridgehead atoms. The zero-order chi connectivity index (χ0) is 16.1. The number of carbonyl (C=O) groups excluding carboxylic acids is 1. The number of nitrogens with one attached hydrogen (secondary N) is 2. The molecule has 2 N–H and O–H groups in total. The van der Waals surface area contributed by atoms with E-state index in [4.69, 9.17) is 28.6 Å². The summed E-state index contributed by atoms with van der Waals surface area (Å²) in [6.07, 6.45) is 0. The van der Waals surface area contributed by atoms with Crippen molar-refractivity contribution in [2.24, 2.45) is 0 Å². The molecule has 0 saturated heterocycles. The van der Waals surface area contributed by atoms with Crippen LogP contribution in [0.25, 0.3) is 0 Å². The van der Waals surface area contributed by atoms with E-state index in [1.165, 1.54) is 7.11 Å². The summed E-state index contributed by atoms with van der Waals surface area (Å²) in [6, 6.07) is 12.3. The predicted molar refractivity (Wildman–Crippen MR) is 95.8 cm³/mol. The number of thiocarbonyl (C=S) groups is 1. The summed E-state index contributed by atoms with van der Waals surface area (Å²) in [7, 11) is 1.50. The molecule has 114 valence electrons. The molecule has 1 amide bonds. The van der Waals surface area contributed by atoms with Crippen LogP contribution in [-0.2, 0) is 0 Å². The third-order valence-corrected chi connectivity index (χ3v) is 3.78. The highest BCUT2D eigenvalue weighted by Crippen LogP contribution is 2.23. The zero-order valence-corrected chi connectivity index (χ0v) is 14.7. The molecule has 0 heterocycles. The third kappa shape index (κ3) is 4.19. The van der Waals surface area contributed by atoms with Gasteiger partial charge in [0.25, 0.3) is 5.91 Å². The lowest BCUT2D eigenvalue weighted by atomic mass is 10.2. The monoisotopic (exact) mass is 398 g/mol. The van der Waals surface area contributed by atoms with Crippen molar-refractivity contribution in [3.8, 4) is 5.75 Å². The maximum absolute atomic E-state index is 12.3. The van der Waals surface area contributed by atoms with Crippen molar-refractivity contribution in [2.75, 3.05) is 12.4 Å². The van der Waals surface area contributed by atoms with E-state index in [1.54, 1.807) is 30.3 Å². The molecule has 2 aromatic carbocycles. The van der Waals surface area contributed by atoms with Gasteiger partial charge in [0.1, 0.15) is 5.75 Å². The molecule has 0 aromatic heterocycles. The summed E-state index contributed by atoms with van der Waals surface area (Å²) in [5.41, 5.74) is 0.996. The van der Waals surface area contributed by atoms with E-state index in [1.807, 2.05) is 12.1 Å². The van der Waals surface area contributed by atoms with Crippen LogP contribution in [0.4, 0.5) is 5.69 Å². The van der Waals surface area contributed by atoms with Gasteiger partial charge in [-0.15, -0.1) is 0 Å². The average Bonchev–Trinajstić information content (AvgIpc) is 2.49. The summed E-state index contributed by atoms with van der Waals surface area (Å²) < 4.78 is 5.94. The highest BCUT2D eigenvalue weighted by Gasteiger charge is 2.14. The van der Waals surface area contributed by atoms with Crippen molar-refractivity contribution < 1.29 is 9.53 Å². The highest BCUT2D eigenvalue weighted by molar-refractivity contribution is 9.10. The Morgan fingerprint density at radius 1 is 1.27 bits per heavy atom. The molecule has 0 aliphatic carbocycles. The molecule has 7 heteroatoms. The fourth-order valence-electron chi connectivity index (χ4n) is 1.74. The lowest BCUT2D eigenvalue weighted by Crippen LogP contribution is -2.34. The van der Waals surface area contributed by atoms with Gasteiger partial charge in [-0.05, 0) is 42.5 Å². The van der Waals surface area contributed by atoms with E-state index in [0.29, 0.717) is 22.0 Å². The van der Waals surface area contributed by atoms with Crippen molar-refractivity contribution in [3.05, 3.63) is 57.5 Å². The second-order valence-electron chi connectivity index (χ2n) is 4.23. The minimum absolute atomic E-state index is 0.153. The second kappa shape index (κ2) is 7.58. The van der Waals surface area contributed by atoms with Crippen molar-refractivity contribution in [3.63, 3.8) is 0 Å². The van der Waals surface area contributed by atoms with Crippen LogP contribution in [0.3, 0.4) is 0 Å². The lowest BCUT2D eigenvalue weighted by molar-refractivity contribution is 0.0974. The fraction of sp³-hybridized carbons (Fsp3) is 0.0667. The molecule has 4 nitrogen and oxygen atoms in total. The Labute approximate surface area is 146 Å². The van der Waals surface area contributed by atoms with E-state index in [-0.39, 0.29) is 11.0 Å². The van der Waals surface area contributed by atoms with Crippen LogP contribution in [0.2, 0.25) is 5.02 Å². The molecule has 0 aliphatic rings. The van der Waals surface area contributed by atoms with Gasteiger partial charge in [-0.3, -0.25) is 10.1 Å². The summed E-state index contributed by atoms with van der Waals surface area (Å²) in [4.78, 5) is 12.3. The number of ether oxygens (including phenoxy) is 1. The van der Waals surface area contributed by atoms with Crippen LogP contribution in [0.15, 0.2) is 46.9 Å². The zero-order valence-electron chi connectivity index (χ0n) is 11.5. The molecular weight excluding hydrogens is 388 g/mol. The smallest absolute Gasteiger partial charge is 0.261 e. The van der Waals surface area contributed by atoms with Crippen LogP contribution >= 0.6 is 39.7 Å². The number of amides is 1. The lowest BCUT2D eigenvalue weighted by Gasteiger charge is -2.12. The normalized spacial score (nSPS) is 9.95. The van der Waals surface area contributed by atoms with Gasteiger partial charge in [0.15, 0.2) is 5.11 Å². The molecule has 0 fully saturated rings.